The van der Waals surface area contributed by atoms with Crippen molar-refractivity contribution in [1.29, 1.82) is 0 Å². The number of carbonyl (C=O) groups is 2. The molecule has 2 aromatic carbocycles. The molecule has 2 aromatic rings. The third kappa shape index (κ3) is 6.97. The Hall–Kier alpha value is -1.55. The quantitative estimate of drug-likeness (QED) is 0.471. The van der Waals surface area contributed by atoms with E-state index >= 15 is 0 Å². The number of hydrogen-bond acceptors (Lipinski definition) is 5. The molecule has 1 aliphatic rings. The maximum Gasteiger partial charge on any atom is 0.328 e. The minimum Gasteiger partial charge on any atom is -0.680 e. The fourth-order valence-electron chi connectivity index (χ4n) is 3.40. The molecule has 1 fully saturated rings. The maximum absolute atomic E-state index is 12.2. The van der Waals surface area contributed by atoms with Gasteiger partial charge in [-0.25, -0.2) is 4.79 Å². The monoisotopic (exact) mass is 534 g/mol. The maximum atomic E-state index is 12.2. The van der Waals surface area contributed by atoms with Gasteiger partial charge in [0.25, 0.3) is 0 Å². The van der Waals surface area contributed by atoms with Gasteiger partial charge in [-0.15, -0.1) is 5.69 Å². The number of halogens is 1. The number of methoxy groups -OCH3 is 1. The van der Waals surface area contributed by atoms with Gasteiger partial charge >= 0.3 is 6.03 Å². The molecule has 0 bridgehead atoms. The average Bonchev–Trinajstić information content (AvgIpc) is 2.73. The van der Waals surface area contributed by atoms with Crippen molar-refractivity contribution in [3.63, 3.8) is 0 Å². The Morgan fingerprint density at radius 2 is 1.97 bits per heavy atom. The van der Waals surface area contributed by atoms with Gasteiger partial charge in [-0.1, -0.05) is 54.0 Å². The summed E-state index contributed by atoms with van der Waals surface area (Å²) in [6, 6.07) is 12.6. The molecule has 1 radical (unpaired) electrons. The number of hydrogen-bond donors (Lipinski definition) is 2. The van der Waals surface area contributed by atoms with Crippen LogP contribution in [0.1, 0.15) is 12.8 Å². The smallest absolute Gasteiger partial charge is 0.328 e. The zero-order valence-electron chi connectivity index (χ0n) is 18.1. The number of carbonyl (C=O) groups excluding carboxylic acids is 2. The molecule has 32 heavy (non-hydrogen) atoms. The molecular formula is C22H26ClN4O4Y-. The molecule has 1 saturated heterocycles. The van der Waals surface area contributed by atoms with E-state index in [2.05, 4.69) is 5.32 Å². The third-order valence-electron chi connectivity index (χ3n) is 4.98. The average molecular weight is 535 g/mol. The molecule has 10 heteroatoms. The Balaban J connectivity index is 0.00000363. The number of nitrogens with one attached hydrogen (secondary N) is 1. The van der Waals surface area contributed by atoms with E-state index in [9.17, 15) is 14.8 Å². The van der Waals surface area contributed by atoms with Gasteiger partial charge in [0.05, 0.1) is 10.7 Å². The first-order chi connectivity index (χ1) is 14.9. The second-order valence-electron chi connectivity index (χ2n) is 7.35. The number of ether oxygens (including phenoxy) is 1. The van der Waals surface area contributed by atoms with Crippen LogP contribution in [0.2, 0.25) is 5.02 Å². The first kappa shape index (κ1) is 26.7. The summed E-state index contributed by atoms with van der Waals surface area (Å²) in [5, 5.41) is 18.0. The van der Waals surface area contributed by atoms with Gasteiger partial charge in [0.15, 0.2) is 0 Å². The van der Waals surface area contributed by atoms with E-state index < -0.39 is 6.03 Å². The number of amides is 3. The molecule has 0 saturated carbocycles. The summed E-state index contributed by atoms with van der Waals surface area (Å²) in [7, 11) is 3.23. The molecule has 1 aliphatic heterocycles. The summed E-state index contributed by atoms with van der Waals surface area (Å²) in [5.41, 5.74) is 3.03. The minimum absolute atomic E-state index is 0. The van der Waals surface area contributed by atoms with Crippen LogP contribution in [0.4, 0.5) is 16.2 Å². The second kappa shape index (κ2) is 12.6. The van der Waals surface area contributed by atoms with Crippen molar-refractivity contribution < 1.29 is 52.2 Å². The van der Waals surface area contributed by atoms with Crippen LogP contribution in [0.25, 0.3) is 16.4 Å². The van der Waals surface area contributed by atoms with E-state index in [0.717, 1.165) is 21.9 Å². The Labute approximate surface area is 218 Å². The number of anilines is 1. The van der Waals surface area contributed by atoms with Crippen molar-refractivity contribution in [3.05, 3.63) is 52.8 Å². The third-order valence-corrected chi connectivity index (χ3v) is 5.38. The molecule has 169 valence electrons. The number of urea groups is 1. The van der Waals surface area contributed by atoms with E-state index in [0.29, 0.717) is 30.3 Å². The van der Waals surface area contributed by atoms with Gasteiger partial charge < -0.3 is 15.3 Å². The minimum atomic E-state index is -0.470. The van der Waals surface area contributed by atoms with E-state index in [1.165, 1.54) is 4.90 Å². The van der Waals surface area contributed by atoms with Crippen molar-refractivity contribution >= 4 is 34.9 Å². The predicted octanol–water partition coefficient (Wildman–Crippen LogP) is 4.18. The summed E-state index contributed by atoms with van der Waals surface area (Å²) in [6.45, 7) is 1.24. The van der Waals surface area contributed by atoms with Crippen molar-refractivity contribution in [1.82, 2.24) is 10.4 Å². The van der Waals surface area contributed by atoms with E-state index in [1.54, 1.807) is 20.2 Å². The van der Waals surface area contributed by atoms with Crippen LogP contribution in [-0.4, -0.2) is 62.1 Å². The van der Waals surface area contributed by atoms with Gasteiger partial charge in [0.1, 0.15) is 0 Å². The molecule has 3 amide bonds. The molecule has 0 aliphatic carbocycles. The molecule has 3 rings (SSSR count). The Morgan fingerprint density at radius 3 is 2.59 bits per heavy atom. The van der Waals surface area contributed by atoms with Crippen LogP contribution in [0.5, 0.6) is 0 Å². The van der Waals surface area contributed by atoms with Crippen LogP contribution < -0.4 is 10.2 Å². The Kier molecular flexibility index (Phi) is 10.5. The molecule has 1 atom stereocenters. The topological polar surface area (TPSA) is 96.2 Å². The van der Waals surface area contributed by atoms with E-state index in [4.69, 9.17) is 21.7 Å². The molecule has 2 N–H and O–H groups in total. The van der Waals surface area contributed by atoms with Crippen LogP contribution >= 0.6 is 11.6 Å². The summed E-state index contributed by atoms with van der Waals surface area (Å²) in [6.07, 6.45) is 0.897. The number of hydroxylamine groups is 2. The molecule has 0 aromatic heterocycles. The zero-order valence-corrected chi connectivity index (χ0v) is 21.7. The zero-order chi connectivity index (χ0) is 22.4. The number of benzene rings is 2. The second-order valence-corrected chi connectivity index (χ2v) is 7.73. The number of imide groups is 1. The van der Waals surface area contributed by atoms with Gasteiger partial charge in [-0.2, -0.15) is 5.06 Å². The van der Waals surface area contributed by atoms with Crippen molar-refractivity contribution in [2.75, 3.05) is 38.8 Å². The Morgan fingerprint density at radius 1 is 1.25 bits per heavy atom. The fraction of sp³-hybridized carbons (Fsp3) is 0.364. The predicted molar refractivity (Wildman–Crippen MR) is 120 cm³/mol. The molecule has 1 heterocycles. The van der Waals surface area contributed by atoms with Crippen LogP contribution in [0.15, 0.2) is 42.5 Å². The van der Waals surface area contributed by atoms with Gasteiger partial charge in [-0.05, 0) is 18.1 Å². The SMILES string of the molecule is COCC(CCN(C)O)[N-]c1ccc(-c2cccc(N3CCC(=O)NC3=O)c2Cl)cc1.[Y]. The van der Waals surface area contributed by atoms with Crippen molar-refractivity contribution in [3.8, 4) is 11.1 Å². The normalized spacial score (nSPS) is 14.7. The molecule has 1 unspecified atom stereocenters. The summed E-state index contributed by atoms with van der Waals surface area (Å²) in [5.74, 6) is -0.287. The molecule has 0 spiro atoms. The van der Waals surface area contributed by atoms with Gasteiger partial charge in [-0.3, -0.25) is 15.0 Å². The summed E-state index contributed by atoms with van der Waals surface area (Å²) < 4.78 is 5.23. The van der Waals surface area contributed by atoms with Crippen LogP contribution in [-0.2, 0) is 42.2 Å². The molecular weight excluding hydrogens is 509 g/mol. The Bertz CT molecular complexity index is 927. The number of rotatable bonds is 9. The van der Waals surface area contributed by atoms with E-state index in [1.807, 2.05) is 36.4 Å². The van der Waals surface area contributed by atoms with E-state index in [-0.39, 0.29) is 57.6 Å². The summed E-state index contributed by atoms with van der Waals surface area (Å²) >= 11 is 6.64. The van der Waals surface area contributed by atoms with Crippen molar-refractivity contribution in [2.45, 2.75) is 18.9 Å². The number of nitrogens with zero attached hydrogens (tertiary/aromatic N) is 3. The first-order valence-electron chi connectivity index (χ1n) is 9.99. The molecule has 8 nitrogen and oxygen atoms in total. The van der Waals surface area contributed by atoms with Crippen LogP contribution in [0.3, 0.4) is 0 Å². The van der Waals surface area contributed by atoms with Gasteiger partial charge in [0, 0.05) is 78.5 Å². The standard InChI is InChI=1S/C22H26ClN4O4.Y/c1-26(30)12-10-17(14-31-2)24-16-8-6-15(7-9-16)18-4-3-5-19(21(18)23)27-13-11-20(28)25-22(27)29;/h3-9,17,30H,10-14H2,1-2H3,(H,25,28,29);/q-1;. The summed E-state index contributed by atoms with van der Waals surface area (Å²) in [4.78, 5) is 25.1. The largest absolute Gasteiger partial charge is 0.680 e. The van der Waals surface area contributed by atoms with Crippen LogP contribution in [0, 0.1) is 0 Å². The van der Waals surface area contributed by atoms with Gasteiger partial charge in [0.2, 0.25) is 5.91 Å². The fourth-order valence-corrected chi connectivity index (χ4v) is 3.73. The van der Waals surface area contributed by atoms with Crippen molar-refractivity contribution in [2.24, 2.45) is 0 Å². The first-order valence-corrected chi connectivity index (χ1v) is 10.4.